The van der Waals surface area contributed by atoms with Crippen LogP contribution < -0.4 is 0 Å². The molecule has 0 radical (unpaired) electrons. The number of aryl methyl sites for hydroxylation is 1. The lowest BCUT2D eigenvalue weighted by atomic mass is 10.1. The molecular formula is C20H18ClN3O2. The maximum atomic E-state index is 12.4. The Kier molecular flexibility index (Phi) is 4.47. The van der Waals surface area contributed by atoms with E-state index >= 15 is 0 Å². The van der Waals surface area contributed by atoms with E-state index in [2.05, 4.69) is 10.1 Å². The monoisotopic (exact) mass is 367 g/mol. The van der Waals surface area contributed by atoms with E-state index in [-0.39, 0.29) is 11.8 Å². The van der Waals surface area contributed by atoms with Crippen molar-refractivity contribution >= 4 is 17.5 Å². The first-order chi connectivity index (χ1) is 12.6. The zero-order chi connectivity index (χ0) is 18.1. The van der Waals surface area contributed by atoms with Gasteiger partial charge in [0.05, 0.1) is 5.92 Å². The van der Waals surface area contributed by atoms with Crippen molar-refractivity contribution in [2.75, 3.05) is 6.54 Å². The zero-order valence-corrected chi connectivity index (χ0v) is 15.1. The second-order valence-electron chi connectivity index (χ2n) is 6.62. The van der Waals surface area contributed by atoms with Gasteiger partial charge in [-0.2, -0.15) is 4.98 Å². The van der Waals surface area contributed by atoms with Gasteiger partial charge in [0.2, 0.25) is 17.6 Å². The maximum Gasteiger partial charge on any atom is 0.232 e. The normalized spacial score (nSPS) is 17.1. The summed E-state index contributed by atoms with van der Waals surface area (Å²) < 4.78 is 5.44. The van der Waals surface area contributed by atoms with E-state index in [0.29, 0.717) is 36.2 Å². The first-order valence-electron chi connectivity index (χ1n) is 8.51. The maximum absolute atomic E-state index is 12.4. The molecule has 0 saturated carbocycles. The van der Waals surface area contributed by atoms with Gasteiger partial charge in [0.25, 0.3) is 0 Å². The molecule has 1 fully saturated rings. The number of carbonyl (C=O) groups excluding carboxylic acids is 1. The third-order valence-electron chi connectivity index (χ3n) is 4.60. The molecular weight excluding hydrogens is 350 g/mol. The summed E-state index contributed by atoms with van der Waals surface area (Å²) in [4.78, 5) is 18.7. The van der Waals surface area contributed by atoms with Crippen molar-refractivity contribution in [3.8, 4) is 11.4 Å². The highest BCUT2D eigenvalue weighted by Gasteiger charge is 2.34. The van der Waals surface area contributed by atoms with Gasteiger partial charge in [-0.15, -0.1) is 0 Å². The molecule has 0 N–H and O–H groups in total. The highest BCUT2D eigenvalue weighted by molar-refractivity contribution is 6.30. The Balaban J connectivity index is 1.47. The summed E-state index contributed by atoms with van der Waals surface area (Å²) in [5.74, 6) is 1.11. The van der Waals surface area contributed by atoms with Crippen LogP contribution in [0, 0.1) is 6.92 Å². The fraction of sp³-hybridized carbons (Fsp3) is 0.250. The molecule has 3 aromatic rings. The van der Waals surface area contributed by atoms with Crippen LogP contribution in [0.15, 0.2) is 53.1 Å². The topological polar surface area (TPSA) is 59.2 Å². The smallest absolute Gasteiger partial charge is 0.232 e. The number of hydrogen-bond acceptors (Lipinski definition) is 4. The van der Waals surface area contributed by atoms with Gasteiger partial charge in [-0.05, 0) is 24.6 Å². The molecule has 0 aliphatic carbocycles. The third-order valence-corrected chi connectivity index (χ3v) is 4.85. The first-order valence-corrected chi connectivity index (χ1v) is 8.89. The Hall–Kier alpha value is -2.66. The van der Waals surface area contributed by atoms with Crippen LogP contribution >= 0.6 is 11.6 Å². The van der Waals surface area contributed by atoms with Crippen LogP contribution in [0.5, 0.6) is 0 Å². The molecule has 1 amide bonds. The number of likely N-dealkylation sites (tertiary alicyclic amines) is 1. The standard InChI is InChI=1S/C20H18ClN3O2/c1-13-2-6-15(7-3-13)19-22-20(26-23-19)16-10-18(25)24(12-16)11-14-4-8-17(21)9-5-14/h2-9,16H,10-12H2,1H3/t16-/m1/s1. The SMILES string of the molecule is Cc1ccc(-c2noc([C@@H]3CC(=O)N(Cc4ccc(Cl)cc4)C3)n2)cc1. The Bertz CT molecular complexity index is 919. The minimum Gasteiger partial charge on any atom is -0.339 e. The van der Waals surface area contributed by atoms with Crippen LogP contribution in [0.4, 0.5) is 0 Å². The lowest BCUT2D eigenvalue weighted by Gasteiger charge is -2.16. The van der Waals surface area contributed by atoms with Crippen molar-refractivity contribution in [2.45, 2.75) is 25.8 Å². The molecule has 1 aliphatic heterocycles. The number of nitrogens with zero attached hydrogens (tertiary/aromatic N) is 3. The van der Waals surface area contributed by atoms with Gasteiger partial charge in [0, 0.05) is 30.1 Å². The van der Waals surface area contributed by atoms with Crippen LogP contribution in [-0.4, -0.2) is 27.5 Å². The van der Waals surface area contributed by atoms with Crippen molar-refractivity contribution < 1.29 is 9.32 Å². The van der Waals surface area contributed by atoms with E-state index < -0.39 is 0 Å². The minimum atomic E-state index is -0.0681. The molecule has 0 spiro atoms. The Morgan fingerprint density at radius 3 is 2.62 bits per heavy atom. The second kappa shape index (κ2) is 6.92. The third kappa shape index (κ3) is 3.48. The summed E-state index contributed by atoms with van der Waals surface area (Å²) in [6.07, 6.45) is 0.392. The van der Waals surface area contributed by atoms with Crippen molar-refractivity contribution in [1.29, 1.82) is 0 Å². The lowest BCUT2D eigenvalue weighted by Crippen LogP contribution is -2.24. The van der Waals surface area contributed by atoms with E-state index in [0.717, 1.165) is 11.1 Å². The average Bonchev–Trinajstić information content (AvgIpc) is 3.25. The summed E-state index contributed by atoms with van der Waals surface area (Å²) in [5, 5.41) is 4.76. The van der Waals surface area contributed by atoms with E-state index in [1.165, 1.54) is 5.56 Å². The molecule has 1 aliphatic rings. The highest BCUT2D eigenvalue weighted by atomic mass is 35.5. The number of amides is 1. The van der Waals surface area contributed by atoms with Gasteiger partial charge in [-0.3, -0.25) is 4.79 Å². The van der Waals surface area contributed by atoms with Crippen molar-refractivity contribution in [2.24, 2.45) is 0 Å². The van der Waals surface area contributed by atoms with Gasteiger partial charge >= 0.3 is 0 Å². The van der Waals surface area contributed by atoms with Gasteiger partial charge in [0.15, 0.2) is 0 Å². The fourth-order valence-corrected chi connectivity index (χ4v) is 3.25. The summed E-state index contributed by atoms with van der Waals surface area (Å²) in [7, 11) is 0. The molecule has 2 aromatic carbocycles. The molecule has 0 bridgehead atoms. The Morgan fingerprint density at radius 2 is 1.88 bits per heavy atom. The van der Waals surface area contributed by atoms with E-state index in [9.17, 15) is 4.79 Å². The van der Waals surface area contributed by atoms with E-state index in [4.69, 9.17) is 16.1 Å². The largest absolute Gasteiger partial charge is 0.339 e. The average molecular weight is 368 g/mol. The highest BCUT2D eigenvalue weighted by Crippen LogP contribution is 2.29. The van der Waals surface area contributed by atoms with Gasteiger partial charge in [-0.1, -0.05) is 58.7 Å². The fourth-order valence-electron chi connectivity index (χ4n) is 3.12. The van der Waals surface area contributed by atoms with E-state index in [1.54, 1.807) is 0 Å². The number of hydrogen-bond donors (Lipinski definition) is 0. The van der Waals surface area contributed by atoms with Crippen LogP contribution in [0.2, 0.25) is 5.02 Å². The number of halogens is 1. The summed E-state index contributed by atoms with van der Waals surface area (Å²) in [6.45, 7) is 3.17. The molecule has 5 nitrogen and oxygen atoms in total. The zero-order valence-electron chi connectivity index (χ0n) is 14.4. The number of rotatable bonds is 4. The van der Waals surface area contributed by atoms with Crippen LogP contribution in [0.25, 0.3) is 11.4 Å². The van der Waals surface area contributed by atoms with E-state index in [1.807, 2.05) is 60.4 Å². The molecule has 26 heavy (non-hydrogen) atoms. The Labute approximate surface area is 156 Å². The number of benzene rings is 2. The molecule has 4 rings (SSSR count). The predicted molar refractivity (Wildman–Crippen MR) is 98.7 cm³/mol. The number of carbonyl (C=O) groups is 1. The van der Waals surface area contributed by atoms with Gasteiger partial charge in [-0.25, -0.2) is 0 Å². The van der Waals surface area contributed by atoms with Gasteiger partial charge in [0.1, 0.15) is 0 Å². The van der Waals surface area contributed by atoms with Gasteiger partial charge < -0.3 is 9.42 Å². The van der Waals surface area contributed by atoms with Crippen LogP contribution in [0.1, 0.15) is 29.4 Å². The quantitative estimate of drug-likeness (QED) is 0.693. The van der Waals surface area contributed by atoms with Crippen LogP contribution in [-0.2, 0) is 11.3 Å². The predicted octanol–water partition coefficient (Wildman–Crippen LogP) is 4.21. The van der Waals surface area contributed by atoms with Crippen molar-refractivity contribution in [3.63, 3.8) is 0 Å². The summed E-state index contributed by atoms with van der Waals surface area (Å²) >= 11 is 5.91. The molecule has 1 saturated heterocycles. The summed E-state index contributed by atoms with van der Waals surface area (Å²) in [5.41, 5.74) is 3.14. The molecule has 0 unspecified atom stereocenters. The van der Waals surface area contributed by atoms with Crippen LogP contribution in [0.3, 0.4) is 0 Å². The minimum absolute atomic E-state index is 0.0681. The van der Waals surface area contributed by atoms with Crippen molar-refractivity contribution in [3.05, 3.63) is 70.6 Å². The molecule has 132 valence electrons. The first kappa shape index (κ1) is 16.8. The van der Waals surface area contributed by atoms with Crippen molar-refractivity contribution in [1.82, 2.24) is 15.0 Å². The second-order valence-corrected chi connectivity index (χ2v) is 7.06. The summed E-state index contributed by atoms with van der Waals surface area (Å²) in [6, 6.07) is 15.5. The molecule has 6 heteroatoms. The number of aromatic nitrogens is 2. The lowest BCUT2D eigenvalue weighted by molar-refractivity contribution is -0.128. The Morgan fingerprint density at radius 1 is 1.15 bits per heavy atom. The molecule has 2 heterocycles. The molecule has 1 atom stereocenters. The molecule has 1 aromatic heterocycles.